The predicted octanol–water partition coefficient (Wildman–Crippen LogP) is 6.36. The van der Waals surface area contributed by atoms with Gasteiger partial charge in [0.1, 0.15) is 0 Å². The molecule has 0 unspecified atom stereocenters. The fraction of sp³-hybridized carbons (Fsp3) is 1.00. The van der Waals surface area contributed by atoms with Crippen LogP contribution in [-0.4, -0.2) is 36.6 Å². The van der Waals surface area contributed by atoms with Crippen LogP contribution in [0.5, 0.6) is 0 Å². The molecule has 0 spiro atoms. The molecule has 0 saturated carbocycles. The van der Waals surface area contributed by atoms with Crippen molar-refractivity contribution < 1.29 is 0 Å². The molecule has 0 bridgehead atoms. The average Bonchev–Trinajstić information content (AvgIpc) is 2.98. The molecule has 1 saturated heterocycles. The Morgan fingerprint density at radius 2 is 1.12 bits per heavy atom. The van der Waals surface area contributed by atoms with E-state index in [1.54, 1.807) is 0 Å². The highest BCUT2D eigenvalue weighted by atomic mass is 15.3. The van der Waals surface area contributed by atoms with E-state index < -0.39 is 0 Å². The zero-order chi connectivity index (χ0) is 18.2. The van der Waals surface area contributed by atoms with Gasteiger partial charge >= 0.3 is 0 Å². The number of hydrogen-bond acceptors (Lipinski definition) is 3. The van der Waals surface area contributed by atoms with Gasteiger partial charge in [-0.25, -0.2) is 0 Å². The Labute approximate surface area is 152 Å². The number of unbranched alkanes of at least 4 members (excludes halogenated alkanes) is 11. The monoisotopic (exact) mass is 349 g/mol. The van der Waals surface area contributed by atoms with Gasteiger partial charge in [-0.1, -0.05) is 87.8 Å². The van der Waals surface area contributed by atoms with Crippen LogP contribution in [0.2, 0.25) is 0 Å². The molecule has 0 radical (unpaired) electrons. The number of azide groups is 2. The van der Waals surface area contributed by atoms with Gasteiger partial charge in [0.15, 0.2) is 0 Å². The van der Waals surface area contributed by atoms with Gasteiger partial charge in [0.25, 0.3) is 0 Å². The summed E-state index contributed by atoms with van der Waals surface area (Å²) < 4.78 is 0. The normalized spacial score (nSPS) is 20.2. The predicted molar refractivity (Wildman–Crippen MR) is 103 cm³/mol. The molecule has 0 aliphatic carbocycles. The average molecular weight is 350 g/mol. The molecule has 7 nitrogen and oxygen atoms in total. The molecule has 0 amide bonds. The summed E-state index contributed by atoms with van der Waals surface area (Å²) in [6.45, 7) is 4.70. The largest absolute Gasteiger partial charge is 0.302 e. The molecule has 1 aliphatic rings. The maximum absolute atomic E-state index is 8.59. The van der Waals surface area contributed by atoms with Crippen LogP contribution in [0.1, 0.15) is 84.0 Å². The summed E-state index contributed by atoms with van der Waals surface area (Å²) in [6, 6.07) is -0.420. The number of rotatable bonds is 15. The van der Waals surface area contributed by atoms with Gasteiger partial charge in [-0.3, -0.25) is 0 Å². The lowest BCUT2D eigenvalue weighted by atomic mass is 10.1. The topological polar surface area (TPSA) is 101 Å². The highest BCUT2D eigenvalue weighted by Crippen LogP contribution is 2.18. The molecule has 2 atom stereocenters. The first-order valence-corrected chi connectivity index (χ1v) is 10.1. The van der Waals surface area contributed by atoms with Crippen LogP contribution in [0.3, 0.4) is 0 Å². The lowest BCUT2D eigenvalue weighted by Crippen LogP contribution is -2.22. The summed E-state index contributed by atoms with van der Waals surface area (Å²) in [5.74, 6) is 0. The van der Waals surface area contributed by atoms with Crippen LogP contribution in [0.25, 0.3) is 20.9 Å². The zero-order valence-corrected chi connectivity index (χ0v) is 15.9. The van der Waals surface area contributed by atoms with Crippen LogP contribution in [0, 0.1) is 0 Å². The van der Waals surface area contributed by atoms with E-state index in [0.29, 0.717) is 13.1 Å². The molecule has 1 aliphatic heterocycles. The number of likely N-dealkylation sites (tertiary alicyclic amines) is 1. The molecule has 0 N–H and O–H groups in total. The highest BCUT2D eigenvalue weighted by Gasteiger charge is 2.30. The standard InChI is InChI=1S/C18H35N7/c1-2-3-4-5-6-7-8-9-10-11-12-13-14-25-15-17(21-23-19)18(16-25)22-24-20/h17-18H,2-16H2,1H3/t17-,18-/m0/s1. The Balaban J connectivity index is 1.96. The summed E-state index contributed by atoms with van der Waals surface area (Å²) >= 11 is 0. The van der Waals surface area contributed by atoms with E-state index in [0.717, 1.165) is 6.54 Å². The first-order chi connectivity index (χ1) is 12.3. The third-order valence-electron chi connectivity index (χ3n) is 5.06. The minimum atomic E-state index is -0.210. The fourth-order valence-corrected chi connectivity index (χ4v) is 3.57. The van der Waals surface area contributed by atoms with Crippen molar-refractivity contribution in [2.75, 3.05) is 19.6 Å². The molecule has 7 heteroatoms. The smallest absolute Gasteiger partial charge is 0.0597 e. The molecule has 0 aromatic carbocycles. The minimum Gasteiger partial charge on any atom is -0.302 e. The van der Waals surface area contributed by atoms with Crippen molar-refractivity contribution in [3.8, 4) is 0 Å². The molecule has 1 fully saturated rings. The van der Waals surface area contributed by atoms with Crippen molar-refractivity contribution in [3.05, 3.63) is 20.9 Å². The van der Waals surface area contributed by atoms with E-state index in [2.05, 4.69) is 31.9 Å². The van der Waals surface area contributed by atoms with Crippen molar-refractivity contribution in [2.24, 2.45) is 10.2 Å². The van der Waals surface area contributed by atoms with Crippen LogP contribution < -0.4 is 0 Å². The number of nitrogens with zero attached hydrogens (tertiary/aromatic N) is 7. The molecular weight excluding hydrogens is 314 g/mol. The second-order valence-corrected chi connectivity index (χ2v) is 7.19. The van der Waals surface area contributed by atoms with Crippen LogP contribution in [-0.2, 0) is 0 Å². The van der Waals surface area contributed by atoms with Gasteiger partial charge in [0.2, 0.25) is 0 Å². The van der Waals surface area contributed by atoms with Crippen LogP contribution >= 0.6 is 0 Å². The van der Waals surface area contributed by atoms with Gasteiger partial charge in [-0.15, -0.1) is 0 Å². The third-order valence-corrected chi connectivity index (χ3v) is 5.06. The van der Waals surface area contributed by atoms with Crippen molar-refractivity contribution >= 4 is 0 Å². The van der Waals surface area contributed by atoms with E-state index in [-0.39, 0.29) is 12.1 Å². The fourth-order valence-electron chi connectivity index (χ4n) is 3.57. The second-order valence-electron chi connectivity index (χ2n) is 7.19. The van der Waals surface area contributed by atoms with Crippen molar-refractivity contribution in [3.63, 3.8) is 0 Å². The maximum atomic E-state index is 8.59. The van der Waals surface area contributed by atoms with E-state index >= 15 is 0 Å². The molecule has 0 aromatic heterocycles. The molecule has 142 valence electrons. The van der Waals surface area contributed by atoms with Crippen molar-refractivity contribution in [1.29, 1.82) is 0 Å². The summed E-state index contributed by atoms with van der Waals surface area (Å²) in [6.07, 6.45) is 16.2. The van der Waals surface area contributed by atoms with E-state index in [9.17, 15) is 0 Å². The molecule has 1 rings (SSSR count). The van der Waals surface area contributed by atoms with Gasteiger partial charge in [0.05, 0.1) is 12.1 Å². The highest BCUT2D eigenvalue weighted by molar-refractivity contribution is 4.94. The first kappa shape index (κ1) is 21.6. The lowest BCUT2D eigenvalue weighted by molar-refractivity contribution is 0.320. The van der Waals surface area contributed by atoms with Gasteiger partial charge in [-0.05, 0) is 24.0 Å². The van der Waals surface area contributed by atoms with E-state index in [1.807, 2.05) is 0 Å². The Morgan fingerprint density at radius 3 is 1.52 bits per heavy atom. The Morgan fingerprint density at radius 1 is 0.720 bits per heavy atom. The quantitative estimate of drug-likeness (QED) is 0.146. The van der Waals surface area contributed by atoms with Crippen molar-refractivity contribution in [2.45, 2.75) is 96.1 Å². The number of hydrogen-bond donors (Lipinski definition) is 0. The molecular formula is C18H35N7. The van der Waals surface area contributed by atoms with Gasteiger partial charge < -0.3 is 4.90 Å². The SMILES string of the molecule is CCCCCCCCCCCCCCN1C[C@H](N=[N+]=[N-])[C@@H](N=[N+]=[N-])C1. The lowest BCUT2D eigenvalue weighted by Gasteiger charge is -2.14. The second kappa shape index (κ2) is 14.9. The molecule has 25 heavy (non-hydrogen) atoms. The third kappa shape index (κ3) is 10.2. The minimum absolute atomic E-state index is 0.210. The summed E-state index contributed by atoms with van der Waals surface area (Å²) in [5.41, 5.74) is 17.2. The zero-order valence-electron chi connectivity index (χ0n) is 15.9. The molecule has 1 heterocycles. The van der Waals surface area contributed by atoms with Crippen LogP contribution in [0.4, 0.5) is 0 Å². The Hall–Kier alpha value is -1.42. The van der Waals surface area contributed by atoms with Crippen LogP contribution in [0.15, 0.2) is 10.2 Å². The van der Waals surface area contributed by atoms with Crippen molar-refractivity contribution in [1.82, 2.24) is 4.90 Å². The van der Waals surface area contributed by atoms with E-state index in [4.69, 9.17) is 11.1 Å². The van der Waals surface area contributed by atoms with E-state index in [1.165, 1.54) is 77.0 Å². The van der Waals surface area contributed by atoms with Gasteiger partial charge in [-0.2, -0.15) is 0 Å². The molecule has 0 aromatic rings. The summed E-state index contributed by atoms with van der Waals surface area (Å²) in [4.78, 5) is 7.99. The summed E-state index contributed by atoms with van der Waals surface area (Å²) in [5, 5.41) is 7.51. The maximum Gasteiger partial charge on any atom is 0.0597 e. The summed E-state index contributed by atoms with van der Waals surface area (Å²) in [7, 11) is 0. The Bertz CT molecular complexity index is 401. The van der Waals surface area contributed by atoms with Gasteiger partial charge in [0, 0.05) is 22.9 Å². The Kier molecular flexibility index (Phi) is 12.9. The first-order valence-electron chi connectivity index (χ1n) is 10.1.